The molecule has 0 aliphatic carbocycles. The molecule has 8 heteroatoms. The Kier molecular flexibility index (Phi) is 9.36. The Morgan fingerprint density at radius 3 is 2.08 bits per heavy atom. The van der Waals surface area contributed by atoms with E-state index in [9.17, 15) is 18.0 Å². The summed E-state index contributed by atoms with van der Waals surface area (Å²) in [6, 6.07) is 13.7. The number of benzene rings is 3. The lowest BCUT2D eigenvalue weighted by Crippen LogP contribution is -2.38. The molecule has 192 valence electrons. The molecule has 36 heavy (non-hydrogen) atoms. The van der Waals surface area contributed by atoms with Gasteiger partial charge in [0.05, 0.1) is 0 Å². The van der Waals surface area contributed by atoms with Crippen molar-refractivity contribution in [2.45, 2.75) is 52.6 Å². The molecule has 5 nitrogen and oxygen atoms in total. The largest absolute Gasteiger partial charge is 0.374 e. The van der Waals surface area contributed by atoms with Gasteiger partial charge < -0.3 is 10.2 Å². The predicted molar refractivity (Wildman–Crippen MR) is 136 cm³/mol. The summed E-state index contributed by atoms with van der Waals surface area (Å²) in [5.74, 6) is -1.46. The molecule has 0 aliphatic heterocycles. The van der Waals surface area contributed by atoms with Crippen LogP contribution in [0.1, 0.15) is 41.5 Å². The molecular weight excluding hydrogens is 467 g/mol. The highest BCUT2D eigenvalue weighted by Gasteiger charge is 2.18. The van der Waals surface area contributed by atoms with Crippen molar-refractivity contribution in [3.05, 3.63) is 94.3 Å². The predicted octanol–water partition coefficient (Wildman–Crippen LogP) is 6.19. The van der Waals surface area contributed by atoms with E-state index in [2.05, 4.69) is 10.2 Å². The van der Waals surface area contributed by atoms with Gasteiger partial charge in [0.1, 0.15) is 23.5 Å². The van der Waals surface area contributed by atoms with Crippen LogP contribution in [0.5, 0.6) is 0 Å². The molecule has 0 saturated heterocycles. The van der Waals surface area contributed by atoms with Crippen LogP contribution >= 0.6 is 0 Å². The first-order chi connectivity index (χ1) is 17.2. The topological polar surface area (TPSA) is 64.6 Å². The van der Waals surface area contributed by atoms with Gasteiger partial charge in [-0.25, -0.2) is 18.7 Å². The Labute approximate surface area is 209 Å². The van der Waals surface area contributed by atoms with Crippen molar-refractivity contribution in [2.75, 3.05) is 16.8 Å². The number of hydrogen-bond donors (Lipinski definition) is 3. The van der Waals surface area contributed by atoms with E-state index in [1.54, 1.807) is 62.6 Å². The number of hydroxylamine groups is 1. The molecule has 3 N–H and O–H groups in total. The third-order valence-electron chi connectivity index (χ3n) is 6.20. The molecule has 0 aliphatic rings. The zero-order valence-corrected chi connectivity index (χ0v) is 20.7. The minimum Gasteiger partial charge on any atom is -0.374 e. The normalized spacial score (nSPS) is 11.8. The van der Waals surface area contributed by atoms with Gasteiger partial charge in [0.2, 0.25) is 0 Å². The van der Waals surface area contributed by atoms with Crippen LogP contribution in [0.15, 0.2) is 54.6 Å². The molecular formula is C28H32F3N3O2. The van der Waals surface area contributed by atoms with E-state index in [1.807, 2.05) is 0 Å². The third kappa shape index (κ3) is 7.24. The van der Waals surface area contributed by atoms with E-state index in [-0.39, 0.29) is 17.5 Å². The first-order valence-corrected chi connectivity index (χ1v) is 11.9. The van der Waals surface area contributed by atoms with Gasteiger partial charge in [-0.2, -0.15) is 0 Å². The number of amides is 1. The van der Waals surface area contributed by atoms with Crippen molar-refractivity contribution in [3.8, 4) is 0 Å². The number of nitrogens with zero attached hydrogens (tertiary/aromatic N) is 1. The maximum absolute atomic E-state index is 13.9. The minimum atomic E-state index is -0.707. The SMILES string of the molecule is Cc1cc(CN(CCCC[C@@H](Nc2ccc(F)c(C)c2)C(=O)NO)c2ccc(F)c(C)c2)ccc1F. The van der Waals surface area contributed by atoms with E-state index in [1.165, 1.54) is 18.2 Å². The molecule has 0 unspecified atom stereocenters. The van der Waals surface area contributed by atoms with E-state index < -0.39 is 11.9 Å². The van der Waals surface area contributed by atoms with Gasteiger partial charge in [-0.1, -0.05) is 12.1 Å². The fourth-order valence-electron chi connectivity index (χ4n) is 4.08. The molecule has 0 heterocycles. The van der Waals surface area contributed by atoms with Crippen molar-refractivity contribution >= 4 is 17.3 Å². The second-order valence-electron chi connectivity index (χ2n) is 9.07. The zero-order valence-electron chi connectivity index (χ0n) is 20.7. The lowest BCUT2D eigenvalue weighted by molar-refractivity contribution is -0.130. The molecule has 3 aromatic rings. The van der Waals surface area contributed by atoms with Gasteiger partial charge in [-0.05, 0) is 105 Å². The number of unbranched alkanes of at least 4 members (excludes halogenated alkanes) is 1. The van der Waals surface area contributed by atoms with Crippen LogP contribution in [-0.4, -0.2) is 23.7 Å². The standard InChI is InChI=1S/C28H32F3N3O2/c1-18-14-21(7-10-24(18)29)17-34(23-9-12-26(31)20(3)16-23)13-5-4-6-27(28(35)33-36)32-22-8-11-25(30)19(2)15-22/h7-12,14-16,27,32,36H,4-6,13,17H2,1-3H3,(H,33,35)/t27-/m1/s1. The highest BCUT2D eigenvalue weighted by Crippen LogP contribution is 2.23. The average Bonchev–Trinajstić information content (AvgIpc) is 2.85. The van der Waals surface area contributed by atoms with Crippen LogP contribution in [-0.2, 0) is 11.3 Å². The van der Waals surface area contributed by atoms with Crippen molar-refractivity contribution in [1.82, 2.24) is 5.48 Å². The van der Waals surface area contributed by atoms with Crippen molar-refractivity contribution in [2.24, 2.45) is 0 Å². The molecule has 3 rings (SSSR count). The van der Waals surface area contributed by atoms with Crippen molar-refractivity contribution in [3.63, 3.8) is 0 Å². The van der Waals surface area contributed by atoms with E-state index >= 15 is 0 Å². The highest BCUT2D eigenvalue weighted by atomic mass is 19.1. The van der Waals surface area contributed by atoms with Gasteiger partial charge in [0, 0.05) is 24.5 Å². The molecule has 0 fully saturated rings. The van der Waals surface area contributed by atoms with Crippen LogP contribution in [0, 0.1) is 38.2 Å². The number of hydrogen-bond acceptors (Lipinski definition) is 4. The number of rotatable bonds is 11. The molecule has 0 radical (unpaired) electrons. The molecule has 0 saturated carbocycles. The number of halogens is 3. The zero-order chi connectivity index (χ0) is 26.2. The molecule has 0 spiro atoms. The van der Waals surface area contributed by atoms with Crippen LogP contribution in [0.25, 0.3) is 0 Å². The van der Waals surface area contributed by atoms with Gasteiger partial charge in [-0.15, -0.1) is 0 Å². The monoisotopic (exact) mass is 499 g/mol. The lowest BCUT2D eigenvalue weighted by atomic mass is 10.1. The average molecular weight is 500 g/mol. The van der Waals surface area contributed by atoms with E-state index in [0.717, 1.165) is 11.3 Å². The van der Waals surface area contributed by atoms with Crippen LogP contribution in [0.4, 0.5) is 24.5 Å². The molecule has 0 bridgehead atoms. The van der Waals surface area contributed by atoms with Crippen molar-refractivity contribution < 1.29 is 23.2 Å². The van der Waals surface area contributed by atoms with Crippen LogP contribution in [0.3, 0.4) is 0 Å². The number of carbonyl (C=O) groups is 1. The Hall–Kier alpha value is -3.52. The lowest BCUT2D eigenvalue weighted by Gasteiger charge is -2.26. The summed E-state index contributed by atoms with van der Waals surface area (Å²) in [7, 11) is 0. The van der Waals surface area contributed by atoms with E-state index in [4.69, 9.17) is 5.21 Å². The Morgan fingerprint density at radius 1 is 0.861 bits per heavy atom. The van der Waals surface area contributed by atoms with Gasteiger partial charge in [0.25, 0.3) is 5.91 Å². The smallest absolute Gasteiger partial charge is 0.265 e. The third-order valence-corrected chi connectivity index (χ3v) is 6.20. The maximum atomic E-state index is 13.9. The summed E-state index contributed by atoms with van der Waals surface area (Å²) in [5, 5.41) is 12.2. The van der Waals surface area contributed by atoms with Gasteiger partial charge >= 0.3 is 0 Å². The maximum Gasteiger partial charge on any atom is 0.265 e. The second kappa shape index (κ2) is 12.4. The van der Waals surface area contributed by atoms with Crippen molar-refractivity contribution in [1.29, 1.82) is 0 Å². The quantitative estimate of drug-likeness (QED) is 0.167. The first-order valence-electron chi connectivity index (χ1n) is 11.9. The highest BCUT2D eigenvalue weighted by molar-refractivity contribution is 5.83. The Balaban J connectivity index is 1.68. The summed E-state index contributed by atoms with van der Waals surface area (Å²) in [5.41, 5.74) is 5.59. The summed E-state index contributed by atoms with van der Waals surface area (Å²) < 4.78 is 41.2. The first kappa shape index (κ1) is 27.1. The van der Waals surface area contributed by atoms with E-state index in [0.29, 0.717) is 54.7 Å². The van der Waals surface area contributed by atoms with Gasteiger partial charge in [0.15, 0.2) is 0 Å². The Bertz CT molecular complexity index is 1200. The van der Waals surface area contributed by atoms with Gasteiger partial charge in [-0.3, -0.25) is 10.0 Å². The molecule has 0 aromatic heterocycles. The molecule has 1 amide bonds. The second-order valence-corrected chi connectivity index (χ2v) is 9.07. The van der Waals surface area contributed by atoms with Crippen LogP contribution in [0.2, 0.25) is 0 Å². The fourth-order valence-corrected chi connectivity index (χ4v) is 4.08. The molecule has 1 atom stereocenters. The number of anilines is 2. The van der Waals surface area contributed by atoms with Crippen LogP contribution < -0.4 is 15.7 Å². The Morgan fingerprint density at radius 2 is 1.47 bits per heavy atom. The number of carbonyl (C=O) groups excluding carboxylic acids is 1. The number of nitrogens with one attached hydrogen (secondary N) is 2. The summed E-state index contributed by atoms with van der Waals surface area (Å²) in [4.78, 5) is 14.3. The number of aryl methyl sites for hydroxylation is 3. The molecule has 3 aromatic carbocycles. The summed E-state index contributed by atoms with van der Waals surface area (Å²) in [6.45, 7) is 6.19. The summed E-state index contributed by atoms with van der Waals surface area (Å²) >= 11 is 0. The fraction of sp³-hybridized carbons (Fsp3) is 0.321. The summed E-state index contributed by atoms with van der Waals surface area (Å²) in [6.07, 6.45) is 1.77. The minimum absolute atomic E-state index is 0.264.